The SMILES string of the molecule is CSc1ccccc1N1CCN([C@@H]2CC[C@H]3CC[C@H]2C3)CC1. The lowest BCUT2D eigenvalue weighted by Crippen LogP contribution is -2.53. The third kappa shape index (κ3) is 2.78. The van der Waals surface area contributed by atoms with Crippen LogP contribution in [0.15, 0.2) is 29.2 Å². The van der Waals surface area contributed by atoms with Gasteiger partial charge in [-0.2, -0.15) is 0 Å². The second kappa shape index (κ2) is 6.45. The average Bonchev–Trinajstić information content (AvgIpc) is 2.96. The van der Waals surface area contributed by atoms with Gasteiger partial charge in [0.1, 0.15) is 0 Å². The number of nitrogens with zero attached hydrogens (tertiary/aromatic N) is 2. The van der Waals surface area contributed by atoms with Crippen LogP contribution in [0.5, 0.6) is 0 Å². The Kier molecular flexibility index (Phi) is 4.36. The summed E-state index contributed by atoms with van der Waals surface area (Å²) in [6.07, 6.45) is 9.70. The van der Waals surface area contributed by atoms with E-state index < -0.39 is 0 Å². The van der Waals surface area contributed by atoms with E-state index in [0.29, 0.717) is 0 Å². The van der Waals surface area contributed by atoms with Crippen molar-refractivity contribution in [1.82, 2.24) is 4.90 Å². The van der Waals surface area contributed by atoms with Gasteiger partial charge in [-0.25, -0.2) is 0 Å². The maximum absolute atomic E-state index is 2.82. The Balaban J connectivity index is 1.40. The molecule has 1 saturated heterocycles. The van der Waals surface area contributed by atoms with Crippen LogP contribution in [-0.4, -0.2) is 43.4 Å². The van der Waals surface area contributed by atoms with Crippen molar-refractivity contribution in [2.24, 2.45) is 11.8 Å². The largest absolute Gasteiger partial charge is 0.368 e. The van der Waals surface area contributed by atoms with Crippen LogP contribution in [-0.2, 0) is 0 Å². The van der Waals surface area contributed by atoms with Gasteiger partial charge in [0.25, 0.3) is 0 Å². The highest BCUT2D eigenvalue weighted by atomic mass is 32.2. The predicted molar refractivity (Wildman–Crippen MR) is 95.9 cm³/mol. The average molecular weight is 317 g/mol. The number of thioether (sulfide) groups is 1. The molecule has 0 aromatic heterocycles. The maximum atomic E-state index is 2.82. The van der Waals surface area contributed by atoms with E-state index in [1.54, 1.807) is 0 Å². The van der Waals surface area contributed by atoms with Crippen molar-refractivity contribution in [1.29, 1.82) is 0 Å². The number of anilines is 1. The lowest BCUT2D eigenvalue weighted by Gasteiger charge is -2.44. The quantitative estimate of drug-likeness (QED) is 0.775. The Morgan fingerprint density at radius 2 is 1.73 bits per heavy atom. The number of para-hydroxylation sites is 1. The van der Waals surface area contributed by atoms with Gasteiger partial charge >= 0.3 is 0 Å². The summed E-state index contributed by atoms with van der Waals surface area (Å²) < 4.78 is 0. The molecule has 0 radical (unpaired) electrons. The van der Waals surface area contributed by atoms with Crippen LogP contribution >= 0.6 is 11.8 Å². The van der Waals surface area contributed by atoms with Crippen LogP contribution in [0.2, 0.25) is 0 Å². The molecule has 1 aromatic rings. The van der Waals surface area contributed by atoms with Gasteiger partial charge in [0, 0.05) is 37.1 Å². The highest BCUT2D eigenvalue weighted by Gasteiger charge is 2.39. The van der Waals surface area contributed by atoms with E-state index in [0.717, 1.165) is 17.9 Å². The van der Waals surface area contributed by atoms with Gasteiger partial charge in [-0.1, -0.05) is 18.6 Å². The van der Waals surface area contributed by atoms with E-state index >= 15 is 0 Å². The summed E-state index contributed by atoms with van der Waals surface area (Å²) in [5.74, 6) is 2.10. The van der Waals surface area contributed by atoms with Crippen LogP contribution in [0.4, 0.5) is 5.69 Å². The molecule has 3 atom stereocenters. The van der Waals surface area contributed by atoms with Crippen molar-refractivity contribution in [3.05, 3.63) is 24.3 Å². The Morgan fingerprint density at radius 1 is 0.955 bits per heavy atom. The standard InChI is InChI=1S/C19H28N2S/c1-22-19-5-3-2-4-18(19)21-12-10-20(11-13-21)17-9-7-15-6-8-16(17)14-15/h2-5,15-17H,6-14H2,1H3/t15-,16+,17-/m1/s1. The van der Waals surface area contributed by atoms with Crippen LogP contribution in [0, 0.1) is 11.8 Å². The third-order valence-corrected chi connectivity index (χ3v) is 6.99. The number of hydrogen-bond acceptors (Lipinski definition) is 3. The molecule has 2 aliphatic carbocycles. The van der Waals surface area contributed by atoms with E-state index in [4.69, 9.17) is 0 Å². The molecule has 2 bridgehead atoms. The minimum absolute atomic E-state index is 0.900. The Hall–Kier alpha value is -0.670. The lowest BCUT2D eigenvalue weighted by atomic mass is 9.84. The fourth-order valence-electron chi connectivity index (χ4n) is 5.03. The molecule has 4 rings (SSSR count). The molecule has 1 aliphatic heterocycles. The monoisotopic (exact) mass is 316 g/mol. The number of rotatable bonds is 3. The molecule has 120 valence electrons. The van der Waals surface area contributed by atoms with E-state index in [1.807, 2.05) is 11.8 Å². The van der Waals surface area contributed by atoms with E-state index in [9.17, 15) is 0 Å². The summed E-state index contributed by atoms with van der Waals surface area (Å²) in [7, 11) is 0. The molecule has 22 heavy (non-hydrogen) atoms. The van der Waals surface area contributed by atoms with Gasteiger partial charge in [0.05, 0.1) is 5.69 Å². The first-order chi connectivity index (χ1) is 10.8. The summed E-state index contributed by atoms with van der Waals surface area (Å²) in [6, 6.07) is 9.79. The van der Waals surface area contributed by atoms with Crippen LogP contribution in [0.1, 0.15) is 32.1 Å². The van der Waals surface area contributed by atoms with Gasteiger partial charge in [0.15, 0.2) is 0 Å². The molecule has 0 unspecified atom stereocenters. The molecule has 0 amide bonds. The summed E-state index contributed by atoms with van der Waals surface area (Å²) in [4.78, 5) is 6.85. The Bertz CT molecular complexity index is 510. The molecule has 2 saturated carbocycles. The molecule has 3 heteroatoms. The molecule has 0 N–H and O–H groups in total. The first-order valence-corrected chi connectivity index (χ1v) is 10.2. The number of hydrogen-bond donors (Lipinski definition) is 0. The van der Waals surface area contributed by atoms with Crippen molar-refractivity contribution < 1.29 is 0 Å². The molecule has 0 spiro atoms. The smallest absolute Gasteiger partial charge is 0.0505 e. The molecule has 1 aromatic carbocycles. The van der Waals surface area contributed by atoms with Crippen molar-refractivity contribution >= 4 is 17.4 Å². The lowest BCUT2D eigenvalue weighted by molar-refractivity contribution is 0.103. The molecule has 3 aliphatic rings. The zero-order valence-corrected chi connectivity index (χ0v) is 14.5. The highest BCUT2D eigenvalue weighted by Crippen LogP contribution is 2.44. The molecular weight excluding hydrogens is 288 g/mol. The van der Waals surface area contributed by atoms with Crippen LogP contribution in [0.25, 0.3) is 0 Å². The van der Waals surface area contributed by atoms with E-state index in [2.05, 4.69) is 40.3 Å². The van der Waals surface area contributed by atoms with Crippen molar-refractivity contribution in [2.45, 2.75) is 43.0 Å². The predicted octanol–water partition coefficient (Wildman–Crippen LogP) is 4.11. The Morgan fingerprint density at radius 3 is 2.55 bits per heavy atom. The van der Waals surface area contributed by atoms with Gasteiger partial charge in [-0.3, -0.25) is 4.90 Å². The van der Waals surface area contributed by atoms with E-state index in [1.165, 1.54) is 68.9 Å². The first kappa shape index (κ1) is 14.9. The number of piperazine rings is 1. The second-order valence-corrected chi connectivity index (χ2v) is 8.13. The van der Waals surface area contributed by atoms with E-state index in [-0.39, 0.29) is 0 Å². The zero-order chi connectivity index (χ0) is 14.9. The molecule has 3 fully saturated rings. The number of fused-ring (bicyclic) bond motifs is 2. The maximum Gasteiger partial charge on any atom is 0.0505 e. The number of benzene rings is 1. The van der Waals surface area contributed by atoms with Gasteiger partial charge < -0.3 is 4.90 Å². The minimum atomic E-state index is 0.900. The summed E-state index contributed by atoms with van der Waals surface area (Å²) >= 11 is 1.87. The minimum Gasteiger partial charge on any atom is -0.368 e. The summed E-state index contributed by atoms with van der Waals surface area (Å²) in [5, 5.41) is 0. The van der Waals surface area contributed by atoms with Crippen molar-refractivity contribution in [3.63, 3.8) is 0 Å². The van der Waals surface area contributed by atoms with Crippen LogP contribution < -0.4 is 4.90 Å². The summed E-state index contributed by atoms with van der Waals surface area (Å²) in [6.45, 7) is 4.91. The fraction of sp³-hybridized carbons (Fsp3) is 0.684. The van der Waals surface area contributed by atoms with Gasteiger partial charge in [-0.15, -0.1) is 11.8 Å². The first-order valence-electron chi connectivity index (χ1n) is 8.97. The topological polar surface area (TPSA) is 6.48 Å². The molecule has 2 nitrogen and oxygen atoms in total. The highest BCUT2D eigenvalue weighted by molar-refractivity contribution is 7.98. The Labute approximate surface area is 139 Å². The normalized spacial score (nSPS) is 32.4. The second-order valence-electron chi connectivity index (χ2n) is 7.28. The van der Waals surface area contributed by atoms with Crippen molar-refractivity contribution in [3.8, 4) is 0 Å². The zero-order valence-electron chi connectivity index (χ0n) is 13.7. The summed E-state index contributed by atoms with van der Waals surface area (Å²) in [5.41, 5.74) is 1.44. The third-order valence-electron chi connectivity index (χ3n) is 6.21. The van der Waals surface area contributed by atoms with Crippen molar-refractivity contribution in [2.75, 3.05) is 37.3 Å². The van der Waals surface area contributed by atoms with Gasteiger partial charge in [0.2, 0.25) is 0 Å². The fourth-order valence-corrected chi connectivity index (χ4v) is 5.65. The molecule has 1 heterocycles. The van der Waals surface area contributed by atoms with Crippen LogP contribution in [0.3, 0.4) is 0 Å². The molecular formula is C19H28N2S. The van der Waals surface area contributed by atoms with Gasteiger partial charge in [-0.05, 0) is 55.9 Å².